The van der Waals surface area contributed by atoms with Crippen molar-refractivity contribution in [2.75, 3.05) is 20.2 Å². The molecule has 1 saturated heterocycles. The van der Waals surface area contributed by atoms with Gasteiger partial charge in [0.05, 0.1) is 103 Å². The van der Waals surface area contributed by atoms with Crippen LogP contribution in [0.15, 0.2) is 134 Å². The smallest absolute Gasteiger partial charge is 0.304 e. The van der Waals surface area contributed by atoms with Crippen molar-refractivity contribution in [1.29, 1.82) is 0 Å². The Labute approximate surface area is 670 Å². The number of nitrogens with one attached hydrogen (secondary N) is 6. The number of benzene rings is 4. The van der Waals surface area contributed by atoms with Crippen molar-refractivity contribution in [1.82, 2.24) is 51.1 Å². The highest BCUT2D eigenvalue weighted by molar-refractivity contribution is 6.01. The lowest BCUT2D eigenvalue weighted by molar-refractivity contribution is -0.150. The molecule has 0 spiro atoms. The lowest BCUT2D eigenvalue weighted by Crippen LogP contribution is -2.58. The van der Waals surface area contributed by atoms with Crippen molar-refractivity contribution in [3.05, 3.63) is 179 Å². The number of hydrogen-bond acceptors (Lipinski definition) is 20. The number of hydrogen-bond donors (Lipinski definition) is 12. The summed E-state index contributed by atoms with van der Waals surface area (Å²) in [5.41, 5.74) is 9.00. The van der Waals surface area contributed by atoms with Gasteiger partial charge in [0.1, 0.15) is 17.7 Å². The van der Waals surface area contributed by atoms with Crippen molar-refractivity contribution >= 4 is 76.3 Å². The predicted molar refractivity (Wildman–Crippen MR) is 420 cm³/mol. The molecule has 7 aromatic rings. The largest absolute Gasteiger partial charge is 0.497 e. The molecule has 0 saturated carbocycles. The quantitative estimate of drug-likeness (QED) is 0.0222. The first-order valence-corrected chi connectivity index (χ1v) is 38.5. The maximum absolute atomic E-state index is 15.7. The molecule has 618 valence electrons. The van der Waals surface area contributed by atoms with Crippen LogP contribution in [0, 0.1) is 42.3 Å². The third kappa shape index (κ3) is 24.6. The van der Waals surface area contributed by atoms with Crippen LogP contribution in [0.4, 0.5) is 4.39 Å². The fourth-order valence-electron chi connectivity index (χ4n) is 14.5. The summed E-state index contributed by atoms with van der Waals surface area (Å²) in [6.07, 6.45) is -3.85. The summed E-state index contributed by atoms with van der Waals surface area (Å²) in [6.45, 7) is 8.16. The number of carbonyl (C=O) groups excluding carboxylic acids is 11. The van der Waals surface area contributed by atoms with E-state index in [4.69, 9.17) is 10.5 Å². The highest BCUT2D eigenvalue weighted by atomic mass is 19.1. The van der Waals surface area contributed by atoms with Crippen LogP contribution in [-0.4, -0.2) is 193 Å². The molecule has 31 heteroatoms. The van der Waals surface area contributed by atoms with E-state index in [0.717, 1.165) is 47.7 Å². The molecule has 1 aliphatic rings. The van der Waals surface area contributed by atoms with Gasteiger partial charge in [0.25, 0.3) is 5.91 Å². The second kappa shape index (κ2) is 41.5. The van der Waals surface area contributed by atoms with Gasteiger partial charge in [-0.1, -0.05) is 85.8 Å². The maximum Gasteiger partial charge on any atom is 0.304 e. The van der Waals surface area contributed by atoms with Crippen LogP contribution in [0.1, 0.15) is 138 Å². The minimum absolute atomic E-state index is 0.0278. The van der Waals surface area contributed by atoms with Crippen LogP contribution in [-0.2, 0) is 101 Å². The van der Waals surface area contributed by atoms with E-state index in [0.29, 0.717) is 41.1 Å². The third-order valence-electron chi connectivity index (χ3n) is 21.5. The van der Waals surface area contributed by atoms with Gasteiger partial charge in [0.2, 0.25) is 29.5 Å². The lowest BCUT2D eigenvalue weighted by atomic mass is 9.81. The number of aryl methyl sites for hydroxylation is 2. The van der Waals surface area contributed by atoms with Crippen LogP contribution >= 0.6 is 0 Å². The van der Waals surface area contributed by atoms with Gasteiger partial charge in [-0.25, -0.2) is 14.4 Å². The number of nitrogens with two attached hydrogens (primary N) is 1. The molecule has 0 aliphatic carbocycles. The summed E-state index contributed by atoms with van der Waals surface area (Å²) in [6, 6.07) is 26.0. The Bertz CT molecular complexity index is 4650. The fourth-order valence-corrected chi connectivity index (χ4v) is 14.5. The van der Waals surface area contributed by atoms with Crippen molar-refractivity contribution in [3.63, 3.8) is 0 Å². The number of rotatable bonds is 46. The Balaban J connectivity index is 0.988. The number of carbonyl (C=O) groups is 13. The van der Waals surface area contributed by atoms with Crippen LogP contribution in [0.5, 0.6) is 5.75 Å². The number of aliphatic hydroxyl groups is 3. The molecule has 3 aromatic heterocycles. The predicted octanol–water partition coefficient (Wildman–Crippen LogP) is 5.56. The molecular formula is C85H102FN11O19. The minimum atomic E-state index is -2.25. The van der Waals surface area contributed by atoms with Crippen molar-refractivity contribution in [3.8, 4) is 28.1 Å². The number of likely N-dealkylation sites (tertiary alicyclic amines) is 1. The zero-order chi connectivity index (χ0) is 84.7. The van der Waals surface area contributed by atoms with E-state index in [2.05, 4.69) is 46.2 Å². The number of aromatic nitrogens is 5. The number of primary amides is 1. The topological polar surface area (TPSA) is 480 Å². The normalized spacial score (nSPS) is 16.4. The molecule has 4 heterocycles. The zero-order valence-corrected chi connectivity index (χ0v) is 65.9. The Kier molecular flexibility index (Phi) is 32.1. The third-order valence-corrected chi connectivity index (χ3v) is 21.5. The van der Waals surface area contributed by atoms with Crippen molar-refractivity contribution < 1.29 is 97.0 Å². The van der Waals surface area contributed by atoms with Crippen LogP contribution in [0.25, 0.3) is 22.4 Å². The monoisotopic (exact) mass is 1600 g/mol. The summed E-state index contributed by atoms with van der Waals surface area (Å²) in [5.74, 6) is -20.8. The number of methoxy groups -OCH3 is 1. The number of pyridine rings is 1. The molecule has 12 atom stereocenters. The van der Waals surface area contributed by atoms with Gasteiger partial charge in [-0.05, 0) is 136 Å². The Morgan fingerprint density at radius 1 is 0.655 bits per heavy atom. The number of ether oxygens (including phenoxy) is 1. The van der Waals surface area contributed by atoms with Crippen LogP contribution in [0.3, 0.4) is 0 Å². The molecule has 13 N–H and O–H groups in total. The molecule has 0 radical (unpaired) electrons. The molecule has 2 unspecified atom stereocenters. The van der Waals surface area contributed by atoms with Gasteiger partial charge in [-0.15, -0.1) is 0 Å². The summed E-state index contributed by atoms with van der Waals surface area (Å²) in [4.78, 5) is 202. The molecule has 116 heavy (non-hydrogen) atoms. The van der Waals surface area contributed by atoms with E-state index in [1.165, 1.54) is 62.0 Å². The number of Topliss-reactive ketones (excluding diaryl/α,β-unsaturated/α-hetero) is 5. The highest BCUT2D eigenvalue weighted by Crippen LogP contribution is 2.35. The first-order valence-electron chi connectivity index (χ1n) is 38.5. The fraction of sp³-hybridized carbons (Fsp3) is 0.435. The van der Waals surface area contributed by atoms with Gasteiger partial charge in [-0.3, -0.25) is 67.3 Å². The molecule has 1 fully saturated rings. The molecule has 4 aromatic carbocycles. The number of aromatic amines is 2. The van der Waals surface area contributed by atoms with Gasteiger partial charge < -0.3 is 72.1 Å². The molecule has 8 rings (SSSR count). The summed E-state index contributed by atoms with van der Waals surface area (Å²) in [5, 5.41) is 63.5. The number of carboxylic acid groups (broad SMARTS) is 2. The minimum Gasteiger partial charge on any atom is -0.497 e. The molecule has 6 amide bonds. The van der Waals surface area contributed by atoms with E-state index in [9.17, 15) is 83.1 Å². The van der Waals surface area contributed by atoms with E-state index >= 15 is 9.18 Å². The number of nitrogens with zero attached hydrogens (tertiary/aromatic N) is 4. The summed E-state index contributed by atoms with van der Waals surface area (Å²) in [7, 11) is 1.56. The van der Waals surface area contributed by atoms with Crippen LogP contribution < -0.4 is 31.7 Å². The molecule has 30 nitrogen and oxygen atoms in total. The number of carboxylic acids is 2. The maximum atomic E-state index is 15.7. The number of halogens is 1. The first-order chi connectivity index (χ1) is 55.1. The van der Waals surface area contributed by atoms with Crippen molar-refractivity contribution in [2.24, 2.45) is 35.3 Å². The average molecular weight is 1600 g/mol. The first kappa shape index (κ1) is 89.7. The number of aliphatic carboxylic acids is 2. The second-order valence-electron chi connectivity index (χ2n) is 30.2. The second-order valence-corrected chi connectivity index (χ2v) is 30.2. The standard InChI is InChI=1S/C85H102FN11O19/c1-8-53-32-62(116-7)24-25-64(53)54-21-18-51(19-22-54)31-69(71(101)33-57(78(87)110)30-52-20-26-68(90-42-52)63-16-11-9-14-48(63)2)94-80(112)58(36-77(108)109)34-72(102)70(37-59-43-88-46-92-59)95-81(113)66(50(4)99)40-74(104)84(5,41-56-15-10-12-17-67(56)86)96-82(114)65(49(3)98)39-61(100)45-91-79(111)55(23-27-76(106)107)35-75(105)85(6)28-13-29-97(85)83(115)73(103)38-60-44-89-47-93-60/h9-12,14-22,24-26,32,42-44,46-47,49-50,55,57-58,65-66,69-70,73,98-99,103H,8,13,23,27-31,33-41,45H2,1-7H3,(H2,87,110)(H,88,92)(H,89,93)(H,91,111)(H,94,112)(H,95,113)(H,96,114)(H,106,107)(H,108,109)/t49-,50-,55-,57-,58+,65+,66+,69+,70+,73+,84?,85?/m1/s1. The Hall–Kier alpha value is -11.8. The average Bonchev–Trinajstić information content (AvgIpc) is 1.61. The summed E-state index contributed by atoms with van der Waals surface area (Å²) >= 11 is 0. The number of imidazole rings is 2. The van der Waals surface area contributed by atoms with E-state index in [-0.39, 0.29) is 49.9 Å². The van der Waals surface area contributed by atoms with Gasteiger partial charge >= 0.3 is 11.9 Å². The van der Waals surface area contributed by atoms with Gasteiger partial charge in [0.15, 0.2) is 28.9 Å². The van der Waals surface area contributed by atoms with Gasteiger partial charge in [-0.2, -0.15) is 0 Å². The summed E-state index contributed by atoms with van der Waals surface area (Å²) < 4.78 is 21.2. The lowest BCUT2D eigenvalue weighted by Gasteiger charge is -2.36. The Morgan fingerprint density at radius 3 is 1.87 bits per heavy atom. The number of amides is 6. The number of aliphatic hydroxyl groups excluding tert-OH is 3. The van der Waals surface area contributed by atoms with Gasteiger partial charge in [0, 0.05) is 100 Å². The molecule has 0 bridgehead atoms. The SMILES string of the molecule is CCc1cc(OC)ccc1-c1ccc(C[C@H](NC(=O)[C@H](CC(=O)O)CC(=O)[C@H](Cc2c[nH]cn2)NC(=O)[C@@H](CC(=O)C(C)(Cc2ccccc2F)NC(=O)[C@@H](CC(=O)CNC(=O)[C@H](CCC(=O)O)CC(=O)C2(C)CCCN2C(=O)[C@@H](O)Cc2c[nH]cn2)[C@@H](C)O)[C@@H](C)O)C(=O)C[C@@H](Cc2ccc(-c3ccccc3C)nc2)C(N)=O)cc1. The van der Waals surface area contributed by atoms with Crippen LogP contribution in [0.2, 0.25) is 0 Å². The van der Waals surface area contributed by atoms with E-state index in [1.54, 1.807) is 37.6 Å². The Morgan fingerprint density at radius 2 is 1.28 bits per heavy atom. The molecule has 1 aliphatic heterocycles. The number of ketones is 5. The van der Waals surface area contributed by atoms with E-state index in [1.807, 2.05) is 68.4 Å². The number of H-pyrrole nitrogens is 2. The van der Waals surface area contributed by atoms with E-state index < -0.39 is 218 Å². The molecular weight excluding hydrogens is 1500 g/mol. The highest BCUT2D eigenvalue weighted by Gasteiger charge is 2.48. The van der Waals surface area contributed by atoms with Crippen molar-refractivity contribution in [2.45, 2.75) is 186 Å². The zero-order valence-electron chi connectivity index (χ0n) is 65.9.